The van der Waals surface area contributed by atoms with Crippen LogP contribution in [0.4, 0.5) is 16.2 Å². The van der Waals surface area contributed by atoms with Crippen molar-refractivity contribution in [3.05, 3.63) is 168 Å². The molecule has 5 aromatic rings. The van der Waals surface area contributed by atoms with E-state index in [0.717, 1.165) is 44.3 Å². The third kappa shape index (κ3) is 25.1. The van der Waals surface area contributed by atoms with E-state index >= 15 is 0 Å². The van der Waals surface area contributed by atoms with Gasteiger partial charge in [-0.25, -0.2) is 9.59 Å². The Bertz CT molecular complexity index is 3850. The molecule has 0 saturated heterocycles. The molecular weight excluding hydrogens is 1300 g/mol. The predicted octanol–water partition coefficient (Wildman–Crippen LogP) is 12.7. The van der Waals surface area contributed by atoms with Gasteiger partial charge >= 0.3 is 30.1 Å². The van der Waals surface area contributed by atoms with Crippen LogP contribution in [0.3, 0.4) is 0 Å². The Morgan fingerprint density at radius 2 is 1.23 bits per heavy atom. The minimum atomic E-state index is -1.30. The van der Waals surface area contributed by atoms with Crippen LogP contribution in [0.1, 0.15) is 167 Å². The van der Waals surface area contributed by atoms with Crippen LogP contribution in [0, 0.1) is 5.92 Å². The number of nitrogens with zero attached hydrogens (tertiary/aromatic N) is 2. The Balaban J connectivity index is 0.00000535. The van der Waals surface area contributed by atoms with Crippen LogP contribution in [0.2, 0.25) is 0 Å². The molecule has 4 amide bonds. The summed E-state index contributed by atoms with van der Waals surface area (Å²) in [4.78, 5) is 118. The largest absolute Gasteiger partial charge is 0.481 e. The number of amides is 4. The second-order valence-corrected chi connectivity index (χ2v) is 26.9. The minimum Gasteiger partial charge on any atom is -0.481 e. The number of unbranched alkanes of at least 4 members (excludes halogenated alkanes) is 5. The monoisotopic (exact) mass is 1400 g/mol. The van der Waals surface area contributed by atoms with Gasteiger partial charge in [0, 0.05) is 106 Å². The van der Waals surface area contributed by atoms with Crippen LogP contribution >= 0.6 is 0 Å². The summed E-state index contributed by atoms with van der Waals surface area (Å²) >= 11 is 0. The first-order valence-corrected chi connectivity index (χ1v) is 35.8. The molecule has 2 heterocycles. The van der Waals surface area contributed by atoms with Crippen LogP contribution in [-0.4, -0.2) is 144 Å². The third-order valence-electron chi connectivity index (χ3n) is 18.6. The average Bonchev–Trinajstić information content (AvgIpc) is 1.58. The molecule has 0 saturated carbocycles. The number of aliphatic carboxylic acids is 3. The number of allylic oxidation sites excluding steroid dienone is 8. The lowest BCUT2D eigenvalue weighted by atomic mass is 9.79. The van der Waals surface area contributed by atoms with Crippen LogP contribution in [0.5, 0.6) is 0 Å². The predicted molar refractivity (Wildman–Crippen MR) is 394 cm³/mol. The normalized spacial score (nSPS) is 14.8. The lowest BCUT2D eigenvalue weighted by molar-refractivity contribution is -0.438. The Morgan fingerprint density at radius 1 is 0.569 bits per heavy atom. The maximum Gasteiger partial charge on any atom is 0.373 e. The van der Waals surface area contributed by atoms with Gasteiger partial charge in [-0.2, -0.15) is 14.2 Å². The van der Waals surface area contributed by atoms with E-state index in [2.05, 4.69) is 181 Å². The van der Waals surface area contributed by atoms with Gasteiger partial charge in [-0.05, 0) is 123 Å². The van der Waals surface area contributed by atoms with Crippen LogP contribution in [0.25, 0.3) is 21.5 Å². The van der Waals surface area contributed by atoms with Gasteiger partial charge < -0.3 is 51.0 Å². The van der Waals surface area contributed by atoms with E-state index in [-0.39, 0.29) is 119 Å². The zero-order chi connectivity index (χ0) is 73.9. The van der Waals surface area contributed by atoms with Gasteiger partial charge in [0.05, 0.1) is 37.2 Å². The Kier molecular flexibility index (Phi) is 33.9. The highest BCUT2D eigenvalue weighted by atomic mass is 16.5. The molecule has 0 radical (unpaired) electrons. The van der Waals surface area contributed by atoms with Crippen molar-refractivity contribution in [2.75, 3.05) is 57.5 Å². The van der Waals surface area contributed by atoms with E-state index in [9.17, 15) is 48.6 Å². The molecule has 21 heteroatoms. The molecule has 0 bridgehead atoms. The molecule has 2 aliphatic heterocycles. The van der Waals surface area contributed by atoms with E-state index in [1.807, 2.05) is 30.3 Å². The molecule has 2 aliphatic rings. The van der Waals surface area contributed by atoms with Crippen molar-refractivity contribution in [1.29, 1.82) is 0 Å². The number of carboxylic acid groups (broad SMARTS) is 3. The summed E-state index contributed by atoms with van der Waals surface area (Å²) in [5.41, 5.74) is 8.14. The standard InChI is InChI=1S/C80H102N6O13.CO2/c1-6-7-24-49-85-66-44-40-58-30-18-20-34-62(58)74(66)79(2,3)69(85)36-15-9-8-10-16-37-70-80(4,5)75-63-35-21-19-31-59(63)41-45-67(75)86(70)50-25-12-17-38-71(89)81-47-23-22-32-60(76(93)94)56-68(88)65(55-57-28-13-11-14-29-57)83-72(90)46-52-99-54-53-98-51-27-33-61(87)42-43-64(77(95)96)84-78(97)82-48-26-39-73(91)92;2-1-3/h8-11,13-16,18-21,28-31,34-37,40-41,44-45,60,64-65H,6-7,12,17,22-27,32-33,38-39,42-43,46-56H2,1-5H3,(H6-,81,82,83,84,89,90,91,92,93,94,95,96,97);/p+1/t60-,64+,65+;/m1./s1. The molecule has 0 aliphatic carbocycles. The Hall–Kier alpha value is -9.69. The quantitative estimate of drug-likeness (QED) is 0.0108. The highest BCUT2D eigenvalue weighted by molar-refractivity contribution is 6.08. The number of Topliss-reactive ketones (excluding diaryl/α,β-unsaturated/α-hetero) is 2. The summed E-state index contributed by atoms with van der Waals surface area (Å²) in [7, 11) is 0. The van der Waals surface area contributed by atoms with Gasteiger partial charge in [0.2, 0.25) is 17.5 Å². The van der Waals surface area contributed by atoms with Crippen molar-refractivity contribution in [3.63, 3.8) is 0 Å². The number of carbonyl (C=O) groups excluding carboxylic acids is 7. The van der Waals surface area contributed by atoms with E-state index in [1.54, 1.807) is 0 Å². The summed E-state index contributed by atoms with van der Waals surface area (Å²) in [6.45, 7) is 14.4. The molecule has 0 unspecified atom stereocenters. The second-order valence-electron chi connectivity index (χ2n) is 26.9. The Morgan fingerprint density at radius 3 is 1.92 bits per heavy atom. The Labute approximate surface area is 599 Å². The number of hydrogen-bond acceptors (Lipinski definition) is 13. The number of rotatable bonds is 45. The van der Waals surface area contributed by atoms with Crippen molar-refractivity contribution < 1.29 is 77.3 Å². The molecule has 546 valence electrons. The first-order chi connectivity index (χ1) is 49.1. The first-order valence-electron chi connectivity index (χ1n) is 35.8. The van der Waals surface area contributed by atoms with Crippen LogP contribution in [0.15, 0.2) is 151 Å². The zero-order valence-electron chi connectivity index (χ0n) is 59.8. The van der Waals surface area contributed by atoms with Crippen LogP contribution in [-0.2, 0) is 69.9 Å². The third-order valence-corrected chi connectivity index (χ3v) is 18.6. The summed E-state index contributed by atoms with van der Waals surface area (Å²) in [6, 6.07) is 32.4. The molecule has 102 heavy (non-hydrogen) atoms. The molecular formula is C81H103N6O15+. The lowest BCUT2D eigenvalue weighted by Gasteiger charge is -2.27. The minimum absolute atomic E-state index is 0.0285. The fourth-order valence-corrected chi connectivity index (χ4v) is 13.4. The summed E-state index contributed by atoms with van der Waals surface area (Å²) < 4.78 is 13.7. The van der Waals surface area contributed by atoms with Gasteiger partial charge in [-0.1, -0.05) is 155 Å². The smallest absolute Gasteiger partial charge is 0.373 e. The molecule has 7 N–H and O–H groups in total. The average molecular weight is 1400 g/mol. The number of ether oxygens (including phenoxy) is 2. The van der Waals surface area contributed by atoms with Gasteiger partial charge in [-0.15, -0.1) is 0 Å². The van der Waals surface area contributed by atoms with E-state index < -0.39 is 53.6 Å². The number of nitrogens with one attached hydrogen (secondary N) is 4. The number of carbonyl (C=O) groups is 8. The SMILES string of the molecule is CCCCC[N+]1=C(/C=C/C=C/C=C/C=C2/N(CCCCCC(=O)NCCCC[C@H](CC(=O)[C@H](Cc3ccccc3)NC(=O)CCOCCOCCCC(=O)CC[C@H](NC(=O)NCCCC(=O)O)C(=O)O)C(=O)O)c3ccc4ccccc4c3C2(C)C)C(C)(C)c2c1ccc1ccccc21.O=C=O. The molecule has 5 aromatic carbocycles. The topological polar surface area (TPSA) is 304 Å². The number of urea groups is 1. The van der Waals surface area contributed by atoms with E-state index in [1.165, 1.54) is 68.3 Å². The first kappa shape index (κ1) is 81.3. The molecule has 21 nitrogen and oxygen atoms in total. The van der Waals surface area contributed by atoms with Gasteiger partial charge in [0.1, 0.15) is 18.4 Å². The number of fused-ring (bicyclic) bond motifs is 6. The zero-order valence-corrected chi connectivity index (χ0v) is 59.8. The van der Waals surface area contributed by atoms with E-state index in [4.69, 9.17) is 24.2 Å². The lowest BCUT2D eigenvalue weighted by Crippen LogP contribution is -2.46. The summed E-state index contributed by atoms with van der Waals surface area (Å²) in [5.74, 6) is -5.50. The van der Waals surface area contributed by atoms with Gasteiger partial charge in [0.15, 0.2) is 11.5 Å². The number of carboxylic acids is 3. The number of ketones is 2. The van der Waals surface area contributed by atoms with Crippen LogP contribution < -0.4 is 26.2 Å². The highest BCUT2D eigenvalue weighted by Crippen LogP contribution is 2.51. The second kappa shape index (κ2) is 42.5. The van der Waals surface area contributed by atoms with E-state index in [0.29, 0.717) is 32.2 Å². The fraction of sp³-hybridized carbons (Fsp3) is 0.457. The molecule has 0 spiro atoms. The molecule has 7 rings (SSSR count). The molecule has 0 fully saturated rings. The fourth-order valence-electron chi connectivity index (χ4n) is 13.4. The van der Waals surface area contributed by atoms with Gasteiger partial charge in [-0.3, -0.25) is 28.8 Å². The maximum absolute atomic E-state index is 13.8. The van der Waals surface area contributed by atoms with Crippen molar-refractivity contribution in [2.24, 2.45) is 5.92 Å². The summed E-state index contributed by atoms with van der Waals surface area (Å²) in [6.07, 6.45) is 23.2. The maximum atomic E-state index is 13.8. The van der Waals surface area contributed by atoms with Crippen molar-refractivity contribution in [1.82, 2.24) is 21.3 Å². The number of anilines is 1. The van der Waals surface area contributed by atoms with Crippen molar-refractivity contribution >= 4 is 92.1 Å². The summed E-state index contributed by atoms with van der Waals surface area (Å²) in [5, 5.41) is 43.9. The van der Waals surface area contributed by atoms with Gasteiger partial charge in [0.25, 0.3) is 0 Å². The molecule has 3 atom stereocenters. The van der Waals surface area contributed by atoms with Crippen molar-refractivity contribution in [2.45, 2.75) is 180 Å². The molecule has 0 aromatic heterocycles. The number of benzene rings is 5. The highest BCUT2D eigenvalue weighted by Gasteiger charge is 2.45. The number of hydrogen-bond donors (Lipinski definition) is 7. The van der Waals surface area contributed by atoms with Crippen molar-refractivity contribution in [3.8, 4) is 0 Å².